The highest BCUT2D eigenvalue weighted by Gasteiger charge is 2.18. The summed E-state index contributed by atoms with van der Waals surface area (Å²) in [6, 6.07) is 2.33. The molecule has 0 saturated carbocycles. The van der Waals surface area contributed by atoms with Crippen molar-refractivity contribution in [2.75, 3.05) is 20.1 Å². The van der Waals surface area contributed by atoms with E-state index in [1.165, 1.54) is 0 Å². The minimum atomic E-state index is -3.91. The van der Waals surface area contributed by atoms with Gasteiger partial charge in [-0.2, -0.15) is 0 Å². The molecule has 0 aliphatic heterocycles. The third kappa shape index (κ3) is 4.55. The van der Waals surface area contributed by atoms with Crippen molar-refractivity contribution in [3.63, 3.8) is 0 Å². The monoisotopic (exact) mass is 286 g/mol. The smallest absolute Gasteiger partial charge is 0.243 e. The third-order valence-corrected chi connectivity index (χ3v) is 3.34. The minimum Gasteiger partial charge on any atom is -0.318 e. The highest BCUT2D eigenvalue weighted by atomic mass is 35.5. The van der Waals surface area contributed by atoms with Crippen LogP contribution < -0.4 is 10.0 Å². The van der Waals surface area contributed by atoms with Crippen LogP contribution in [-0.4, -0.2) is 28.6 Å². The molecule has 1 rings (SSSR count). The van der Waals surface area contributed by atoms with Gasteiger partial charge >= 0.3 is 0 Å². The molecule has 0 saturated heterocycles. The van der Waals surface area contributed by atoms with Crippen LogP contribution in [0.3, 0.4) is 0 Å². The van der Waals surface area contributed by atoms with Crippen LogP contribution in [0.1, 0.15) is 0 Å². The molecule has 0 aliphatic carbocycles. The van der Waals surface area contributed by atoms with Crippen LogP contribution in [0.2, 0.25) is 0 Å². The van der Waals surface area contributed by atoms with Gasteiger partial charge in [0.2, 0.25) is 10.0 Å². The van der Waals surface area contributed by atoms with Crippen molar-refractivity contribution in [2.24, 2.45) is 0 Å². The zero-order valence-corrected chi connectivity index (χ0v) is 10.7. The van der Waals surface area contributed by atoms with E-state index in [9.17, 15) is 17.2 Å². The van der Waals surface area contributed by atoms with Crippen LogP contribution in [0.25, 0.3) is 0 Å². The van der Waals surface area contributed by atoms with E-state index in [0.717, 1.165) is 12.1 Å². The van der Waals surface area contributed by atoms with E-state index < -0.39 is 26.6 Å². The lowest BCUT2D eigenvalue weighted by molar-refractivity contribution is 0.542. The lowest BCUT2D eigenvalue weighted by atomic mass is 10.3. The largest absolute Gasteiger partial charge is 0.318 e. The molecule has 0 bridgehead atoms. The highest BCUT2D eigenvalue weighted by Crippen LogP contribution is 2.14. The van der Waals surface area contributed by atoms with Crippen molar-refractivity contribution >= 4 is 22.4 Å². The molecule has 0 amide bonds. The Balaban J connectivity index is 0.00000256. The van der Waals surface area contributed by atoms with E-state index in [4.69, 9.17) is 0 Å². The van der Waals surface area contributed by atoms with Crippen molar-refractivity contribution in [1.82, 2.24) is 10.0 Å². The first-order chi connectivity index (χ1) is 7.47. The van der Waals surface area contributed by atoms with Gasteiger partial charge in [0, 0.05) is 19.2 Å². The standard InChI is InChI=1S/C9H12F2N2O2S.ClH/c1-12-4-5-13-16(14,15)9-3-2-7(10)6-8(9)11;/h2-3,6,12-13H,4-5H2,1H3;1H. The predicted molar refractivity (Wildman–Crippen MR) is 62.7 cm³/mol. The minimum absolute atomic E-state index is 0. The normalized spacial score (nSPS) is 11.0. The number of sulfonamides is 1. The summed E-state index contributed by atoms with van der Waals surface area (Å²) in [6.07, 6.45) is 0. The number of benzene rings is 1. The maximum atomic E-state index is 13.2. The number of hydrogen-bond donors (Lipinski definition) is 2. The van der Waals surface area contributed by atoms with Gasteiger partial charge in [-0.25, -0.2) is 21.9 Å². The van der Waals surface area contributed by atoms with Gasteiger partial charge in [0.15, 0.2) is 0 Å². The molecule has 0 aromatic heterocycles. The molecule has 0 spiro atoms. The molecule has 1 aromatic rings. The van der Waals surface area contributed by atoms with E-state index in [2.05, 4.69) is 10.0 Å². The lowest BCUT2D eigenvalue weighted by Gasteiger charge is -2.07. The van der Waals surface area contributed by atoms with Crippen molar-refractivity contribution in [3.8, 4) is 0 Å². The molecule has 0 atom stereocenters. The molecule has 17 heavy (non-hydrogen) atoms. The van der Waals surface area contributed by atoms with Gasteiger partial charge < -0.3 is 5.32 Å². The van der Waals surface area contributed by atoms with Crippen molar-refractivity contribution in [2.45, 2.75) is 4.90 Å². The number of nitrogens with one attached hydrogen (secondary N) is 2. The molecule has 2 N–H and O–H groups in total. The van der Waals surface area contributed by atoms with Crippen molar-refractivity contribution in [3.05, 3.63) is 29.8 Å². The second-order valence-electron chi connectivity index (χ2n) is 3.08. The molecular weight excluding hydrogens is 274 g/mol. The van der Waals surface area contributed by atoms with Gasteiger partial charge in [-0.3, -0.25) is 0 Å². The molecule has 1 aromatic carbocycles. The van der Waals surface area contributed by atoms with Crippen LogP contribution in [0.5, 0.6) is 0 Å². The topological polar surface area (TPSA) is 58.2 Å². The SMILES string of the molecule is CNCCNS(=O)(=O)c1ccc(F)cc1F.Cl. The average molecular weight is 287 g/mol. The molecule has 0 unspecified atom stereocenters. The molecule has 8 heteroatoms. The molecular formula is C9H13ClF2N2O2S. The van der Waals surface area contributed by atoms with Gasteiger partial charge in [0.05, 0.1) is 0 Å². The molecule has 0 aliphatic rings. The molecule has 98 valence electrons. The number of hydrogen-bond acceptors (Lipinski definition) is 3. The first-order valence-corrected chi connectivity index (χ1v) is 6.05. The summed E-state index contributed by atoms with van der Waals surface area (Å²) in [7, 11) is -2.25. The first kappa shape index (κ1) is 16.2. The van der Waals surface area contributed by atoms with Gasteiger partial charge in [0.1, 0.15) is 16.5 Å². The maximum absolute atomic E-state index is 13.2. The molecule has 0 heterocycles. The summed E-state index contributed by atoms with van der Waals surface area (Å²) < 4.78 is 51.0. The Labute approximate surface area is 105 Å². The summed E-state index contributed by atoms with van der Waals surface area (Å²) in [6.45, 7) is 0.553. The number of rotatable bonds is 5. The van der Waals surface area contributed by atoms with Crippen LogP contribution in [-0.2, 0) is 10.0 Å². The summed E-state index contributed by atoms with van der Waals surface area (Å²) in [4.78, 5) is -0.551. The Hall–Kier alpha value is -0.760. The highest BCUT2D eigenvalue weighted by molar-refractivity contribution is 7.89. The fraction of sp³-hybridized carbons (Fsp3) is 0.333. The van der Waals surface area contributed by atoms with Crippen LogP contribution in [0, 0.1) is 11.6 Å². The maximum Gasteiger partial charge on any atom is 0.243 e. The second-order valence-corrected chi connectivity index (χ2v) is 4.81. The Morgan fingerprint density at radius 3 is 2.41 bits per heavy atom. The van der Waals surface area contributed by atoms with Crippen molar-refractivity contribution in [1.29, 1.82) is 0 Å². The van der Waals surface area contributed by atoms with Crippen LogP contribution in [0.4, 0.5) is 8.78 Å². The second kappa shape index (κ2) is 6.85. The van der Waals surface area contributed by atoms with Gasteiger partial charge in [-0.1, -0.05) is 0 Å². The van der Waals surface area contributed by atoms with E-state index in [1.54, 1.807) is 7.05 Å². The Morgan fingerprint density at radius 1 is 1.24 bits per heavy atom. The van der Waals surface area contributed by atoms with Crippen LogP contribution in [0.15, 0.2) is 23.1 Å². The fourth-order valence-electron chi connectivity index (χ4n) is 1.08. The van der Waals surface area contributed by atoms with Crippen LogP contribution >= 0.6 is 12.4 Å². The molecule has 0 fully saturated rings. The third-order valence-electron chi connectivity index (χ3n) is 1.85. The Bertz CT molecular complexity index is 468. The quantitative estimate of drug-likeness (QED) is 0.790. The van der Waals surface area contributed by atoms with E-state index in [1.807, 2.05) is 0 Å². The van der Waals surface area contributed by atoms with Crippen molar-refractivity contribution < 1.29 is 17.2 Å². The number of likely N-dealkylation sites (N-methyl/N-ethyl adjacent to an activating group) is 1. The van der Waals surface area contributed by atoms with Gasteiger partial charge in [-0.15, -0.1) is 12.4 Å². The van der Waals surface area contributed by atoms with E-state index >= 15 is 0 Å². The summed E-state index contributed by atoms with van der Waals surface area (Å²) >= 11 is 0. The molecule has 4 nitrogen and oxygen atoms in total. The Morgan fingerprint density at radius 2 is 1.88 bits per heavy atom. The van der Waals surface area contributed by atoms with Gasteiger partial charge in [-0.05, 0) is 19.2 Å². The summed E-state index contributed by atoms with van der Waals surface area (Å²) in [5.41, 5.74) is 0. The van der Waals surface area contributed by atoms with E-state index in [0.29, 0.717) is 12.6 Å². The summed E-state index contributed by atoms with van der Waals surface area (Å²) in [5.74, 6) is -1.91. The molecule has 0 radical (unpaired) electrons. The van der Waals surface area contributed by atoms with E-state index in [-0.39, 0.29) is 19.0 Å². The van der Waals surface area contributed by atoms with Gasteiger partial charge in [0.25, 0.3) is 0 Å². The average Bonchev–Trinajstić information content (AvgIpc) is 2.17. The lowest BCUT2D eigenvalue weighted by Crippen LogP contribution is -2.31. The first-order valence-electron chi connectivity index (χ1n) is 4.56. The predicted octanol–water partition coefficient (Wildman–Crippen LogP) is 0.884. The number of halogens is 3. The Kier molecular flexibility index (Phi) is 6.54. The zero-order chi connectivity index (χ0) is 12.2. The summed E-state index contributed by atoms with van der Waals surface area (Å²) in [5, 5.41) is 2.73. The zero-order valence-electron chi connectivity index (χ0n) is 9.04. The fourth-order valence-corrected chi connectivity index (χ4v) is 2.17.